The van der Waals surface area contributed by atoms with Crippen LogP contribution in [0.3, 0.4) is 0 Å². The molecule has 0 aromatic heterocycles. The summed E-state index contributed by atoms with van der Waals surface area (Å²) < 4.78 is 8.01. The summed E-state index contributed by atoms with van der Waals surface area (Å²) in [7, 11) is -2.47. The van der Waals surface area contributed by atoms with E-state index in [1.165, 1.54) is 20.4 Å². The van der Waals surface area contributed by atoms with Crippen molar-refractivity contribution in [1.29, 1.82) is 0 Å². The van der Waals surface area contributed by atoms with Crippen LogP contribution in [0.5, 0.6) is 0 Å². The minimum absolute atomic E-state index is 0.00115. The van der Waals surface area contributed by atoms with Gasteiger partial charge in [-0.3, -0.25) is 0 Å². The fraction of sp³-hybridized carbons (Fsp3) is 0.333. The van der Waals surface area contributed by atoms with Crippen LogP contribution in [0.25, 0.3) is 0 Å². The van der Waals surface area contributed by atoms with Crippen molar-refractivity contribution in [3.63, 3.8) is 0 Å². The number of benzene rings is 2. The van der Waals surface area contributed by atoms with Crippen LogP contribution in [0, 0.1) is 0 Å². The molecule has 0 atom stereocenters. The van der Waals surface area contributed by atoms with Crippen molar-refractivity contribution in [2.45, 2.75) is 52.5 Å². The molecule has 27 heavy (non-hydrogen) atoms. The number of rotatable bonds is 7. The molecule has 0 aliphatic rings. The lowest BCUT2D eigenvalue weighted by atomic mass is 10.2. The first-order chi connectivity index (χ1) is 12.8. The van der Waals surface area contributed by atoms with Gasteiger partial charge in [-0.05, 0) is 52.2 Å². The van der Waals surface area contributed by atoms with Gasteiger partial charge in [0.05, 0.1) is 6.26 Å². The number of hydrogen-bond donors (Lipinski definition) is 0. The molecule has 2 aromatic rings. The van der Waals surface area contributed by atoms with E-state index in [0.29, 0.717) is 0 Å². The lowest BCUT2D eigenvalue weighted by Gasteiger charge is -2.42. The Labute approximate surface area is 174 Å². The van der Waals surface area contributed by atoms with Gasteiger partial charge in [-0.2, -0.15) is 0 Å². The Morgan fingerprint density at radius 1 is 0.926 bits per heavy atom. The van der Waals surface area contributed by atoms with Crippen LogP contribution in [0.2, 0.25) is 5.04 Å². The monoisotopic (exact) mass is 442 g/mol. The van der Waals surface area contributed by atoms with E-state index in [9.17, 15) is 0 Å². The molecular weight excluding hydrogens is 412 g/mol. The van der Waals surface area contributed by atoms with Gasteiger partial charge in [0.1, 0.15) is 0 Å². The predicted molar refractivity (Wildman–Crippen MR) is 124 cm³/mol. The number of hydrogen-bond acceptors (Lipinski definition) is 1. The lowest BCUT2D eigenvalue weighted by Crippen LogP contribution is -2.65. The van der Waals surface area contributed by atoms with E-state index < -0.39 is 8.32 Å². The Bertz CT molecular complexity index is 730. The van der Waals surface area contributed by atoms with Gasteiger partial charge in [-0.15, -0.1) is 0 Å². The zero-order valence-electron chi connectivity index (χ0n) is 17.1. The molecule has 0 saturated carbocycles. The van der Waals surface area contributed by atoms with Crippen molar-refractivity contribution in [2.75, 3.05) is 0 Å². The van der Waals surface area contributed by atoms with Crippen LogP contribution in [-0.4, -0.2) is 8.32 Å². The van der Waals surface area contributed by atoms with E-state index in [-0.39, 0.29) is 5.04 Å². The molecule has 0 heterocycles. The summed E-state index contributed by atoms with van der Waals surface area (Å²) in [5, 5.41) is 2.62. The zero-order valence-corrected chi connectivity index (χ0v) is 19.7. The van der Waals surface area contributed by atoms with E-state index in [4.69, 9.17) is 4.43 Å². The van der Waals surface area contributed by atoms with Gasteiger partial charge in [0.2, 0.25) is 0 Å². The minimum Gasteiger partial charge on any atom is -0.540 e. The normalized spacial score (nSPS) is 13.6. The molecule has 0 spiro atoms. The van der Waals surface area contributed by atoms with E-state index >= 15 is 0 Å². The van der Waals surface area contributed by atoms with Crippen molar-refractivity contribution >= 4 is 34.6 Å². The molecule has 0 unspecified atom stereocenters. The summed E-state index contributed by atoms with van der Waals surface area (Å²) in [5.74, 6) is 0. The zero-order chi connectivity index (χ0) is 19.9. The fourth-order valence-electron chi connectivity index (χ4n) is 3.44. The van der Waals surface area contributed by atoms with Crippen molar-refractivity contribution in [2.24, 2.45) is 0 Å². The van der Waals surface area contributed by atoms with Crippen molar-refractivity contribution in [1.82, 2.24) is 0 Å². The second kappa shape index (κ2) is 9.56. The fourth-order valence-corrected chi connectivity index (χ4v) is 8.06. The average Bonchev–Trinajstić information content (AvgIpc) is 2.62. The highest BCUT2D eigenvalue weighted by molar-refractivity contribution is 9.11. The highest BCUT2D eigenvalue weighted by atomic mass is 79.9. The van der Waals surface area contributed by atoms with Crippen LogP contribution in [0.15, 0.2) is 83.1 Å². The molecule has 0 radical (unpaired) electrons. The Morgan fingerprint density at radius 2 is 1.41 bits per heavy atom. The minimum atomic E-state index is -2.47. The molecule has 0 aliphatic carbocycles. The molecule has 3 heteroatoms. The first-order valence-corrected chi connectivity index (χ1v) is 12.2. The van der Waals surface area contributed by atoms with Gasteiger partial charge in [0.15, 0.2) is 0 Å². The molecule has 1 nitrogen and oxygen atoms in total. The van der Waals surface area contributed by atoms with Crippen LogP contribution in [0.4, 0.5) is 0 Å². The van der Waals surface area contributed by atoms with Gasteiger partial charge in [0, 0.05) is 0 Å². The summed E-state index contributed by atoms with van der Waals surface area (Å²) >= 11 is 3.50. The number of halogens is 1. The topological polar surface area (TPSA) is 9.23 Å². The summed E-state index contributed by atoms with van der Waals surface area (Å²) in [6.45, 7) is 11.1. The third-order valence-electron chi connectivity index (χ3n) is 4.82. The SMILES string of the molecule is C/C(Br)=C/CC/C(C)=C/O[Si](c1ccccc1)(c1ccccc1)C(C)(C)C. The molecule has 2 rings (SSSR count). The Kier molecular flexibility index (Phi) is 7.69. The first-order valence-electron chi connectivity index (χ1n) is 9.54. The van der Waals surface area contributed by atoms with Gasteiger partial charge in [0.25, 0.3) is 0 Å². The molecule has 0 saturated heterocycles. The second-order valence-corrected chi connectivity index (χ2v) is 13.6. The van der Waals surface area contributed by atoms with Gasteiger partial charge in [-0.25, -0.2) is 0 Å². The summed E-state index contributed by atoms with van der Waals surface area (Å²) in [6.07, 6.45) is 6.25. The Balaban J connectivity index is 2.48. The van der Waals surface area contributed by atoms with E-state index in [1.807, 2.05) is 6.26 Å². The smallest absolute Gasteiger partial charge is 0.319 e. The van der Waals surface area contributed by atoms with Crippen LogP contribution in [0.1, 0.15) is 47.5 Å². The first kappa shape index (κ1) is 21.7. The quantitative estimate of drug-likeness (QED) is 0.349. The predicted octanol–water partition coefficient (Wildman–Crippen LogP) is 6.55. The standard InChI is InChI=1S/C24H31BrOSi/c1-20(13-12-14-21(2)25)19-26-27(24(3,4)5,22-15-8-6-9-16-22)23-17-10-7-11-18-23/h6-11,14-19H,12-13H2,1-5H3/b20-19+,21-14-. The average molecular weight is 444 g/mol. The van der Waals surface area contributed by atoms with Gasteiger partial charge < -0.3 is 4.43 Å². The third kappa shape index (κ3) is 5.46. The molecule has 0 fully saturated rings. The van der Waals surface area contributed by atoms with Crippen LogP contribution in [-0.2, 0) is 4.43 Å². The highest BCUT2D eigenvalue weighted by Gasteiger charge is 2.51. The van der Waals surface area contributed by atoms with Gasteiger partial charge >= 0.3 is 8.32 Å². The molecular formula is C24H31BrOSi. The van der Waals surface area contributed by atoms with Crippen molar-refractivity contribution in [3.8, 4) is 0 Å². The molecule has 0 amide bonds. The van der Waals surface area contributed by atoms with Crippen LogP contribution >= 0.6 is 15.9 Å². The maximum atomic E-state index is 6.83. The third-order valence-corrected chi connectivity index (χ3v) is 10.0. The maximum absolute atomic E-state index is 6.83. The molecule has 0 aliphatic heterocycles. The molecule has 0 N–H and O–H groups in total. The van der Waals surface area contributed by atoms with Crippen molar-refractivity contribution in [3.05, 3.63) is 83.1 Å². The molecule has 0 bridgehead atoms. The van der Waals surface area contributed by atoms with E-state index in [1.54, 1.807) is 0 Å². The summed E-state index contributed by atoms with van der Waals surface area (Å²) in [4.78, 5) is 0. The Morgan fingerprint density at radius 3 is 1.81 bits per heavy atom. The van der Waals surface area contributed by atoms with Crippen LogP contribution < -0.4 is 10.4 Å². The van der Waals surface area contributed by atoms with Gasteiger partial charge in [-0.1, -0.05) is 103 Å². The maximum Gasteiger partial charge on any atom is 0.319 e. The summed E-state index contributed by atoms with van der Waals surface area (Å²) in [5.41, 5.74) is 1.27. The van der Waals surface area contributed by atoms with E-state index in [0.717, 1.165) is 12.8 Å². The molecule has 144 valence electrons. The van der Waals surface area contributed by atoms with E-state index in [2.05, 4.69) is 117 Å². The largest absolute Gasteiger partial charge is 0.540 e. The Hall–Kier alpha value is -1.58. The molecule has 2 aromatic carbocycles. The summed E-state index contributed by atoms with van der Waals surface area (Å²) in [6, 6.07) is 21.5. The lowest BCUT2D eigenvalue weighted by molar-refractivity contribution is 0.438. The second-order valence-electron chi connectivity index (χ2n) is 8.07. The van der Waals surface area contributed by atoms with Crippen molar-refractivity contribution < 1.29 is 4.43 Å². The highest BCUT2D eigenvalue weighted by Crippen LogP contribution is 2.37. The number of allylic oxidation sites excluding steroid dienone is 3.